The summed E-state index contributed by atoms with van der Waals surface area (Å²) in [5.41, 5.74) is 0.195. The van der Waals surface area contributed by atoms with E-state index < -0.39 is 30.7 Å². The monoisotopic (exact) mass is 393 g/mol. The number of hydrogen-bond donors (Lipinski definition) is 1. The van der Waals surface area contributed by atoms with Crippen molar-refractivity contribution in [2.24, 2.45) is 0 Å². The van der Waals surface area contributed by atoms with Gasteiger partial charge in [-0.05, 0) is 37.9 Å². The van der Waals surface area contributed by atoms with Gasteiger partial charge >= 0.3 is 0 Å². The van der Waals surface area contributed by atoms with E-state index >= 15 is 0 Å². The fraction of sp³-hybridized carbons (Fsp3) is 0.278. The molecule has 0 radical (unpaired) electrons. The lowest BCUT2D eigenvalue weighted by Crippen LogP contribution is -2.38. The molecule has 142 valence electrons. The maximum absolute atomic E-state index is 14.8. The fourth-order valence-corrected chi connectivity index (χ4v) is 4.27. The van der Waals surface area contributed by atoms with Gasteiger partial charge in [0.15, 0.2) is 11.6 Å². The maximum atomic E-state index is 14.8. The van der Waals surface area contributed by atoms with Crippen molar-refractivity contribution in [3.63, 3.8) is 0 Å². The van der Waals surface area contributed by atoms with Crippen LogP contribution in [0.25, 0.3) is 11.1 Å². The number of carbonyl (C=O) groups is 2. The Bertz CT molecular complexity index is 961. The van der Waals surface area contributed by atoms with Crippen LogP contribution in [0.3, 0.4) is 0 Å². The number of carbonyl (C=O) groups excluding carboxylic acids is 2. The molecule has 1 aromatic carbocycles. The summed E-state index contributed by atoms with van der Waals surface area (Å²) in [7, 11) is -2.82. The Morgan fingerprint density at radius 3 is 2.63 bits per heavy atom. The molecule has 1 unspecified atom stereocenters. The minimum absolute atomic E-state index is 0.0718. The van der Waals surface area contributed by atoms with Crippen molar-refractivity contribution in [2.45, 2.75) is 12.5 Å². The first-order valence-corrected chi connectivity index (χ1v) is 10.9. The van der Waals surface area contributed by atoms with Gasteiger partial charge in [-0.1, -0.05) is 6.07 Å². The van der Waals surface area contributed by atoms with E-state index in [1.165, 1.54) is 37.7 Å². The molecule has 9 heteroatoms. The van der Waals surface area contributed by atoms with Crippen LogP contribution in [0.15, 0.2) is 30.5 Å². The third-order valence-corrected chi connectivity index (χ3v) is 5.79. The van der Waals surface area contributed by atoms with Gasteiger partial charge in [-0.25, -0.2) is 8.78 Å². The van der Waals surface area contributed by atoms with Crippen molar-refractivity contribution in [1.82, 2.24) is 10.3 Å². The number of nitrogens with zero attached hydrogens (tertiary/aromatic N) is 2. The van der Waals surface area contributed by atoms with Crippen LogP contribution in [0.4, 0.5) is 14.5 Å². The zero-order valence-electron chi connectivity index (χ0n) is 14.8. The van der Waals surface area contributed by atoms with Crippen molar-refractivity contribution in [3.8, 4) is 11.1 Å². The van der Waals surface area contributed by atoms with Crippen LogP contribution in [0.1, 0.15) is 6.42 Å². The molecule has 27 heavy (non-hydrogen) atoms. The molecular formula is C18H18F2N3O3P. The van der Waals surface area contributed by atoms with E-state index in [1.54, 1.807) is 6.07 Å². The van der Waals surface area contributed by atoms with E-state index in [0.717, 1.165) is 4.90 Å². The molecule has 1 aliphatic rings. The average Bonchev–Trinajstić information content (AvgIpc) is 2.98. The van der Waals surface area contributed by atoms with Crippen LogP contribution >= 0.6 is 7.14 Å². The summed E-state index contributed by atoms with van der Waals surface area (Å²) in [5.74, 6) is -2.82. The highest BCUT2D eigenvalue weighted by Gasteiger charge is 2.34. The quantitative estimate of drug-likeness (QED) is 0.624. The highest BCUT2D eigenvalue weighted by molar-refractivity contribution is 7.70. The Morgan fingerprint density at radius 2 is 1.96 bits per heavy atom. The molecule has 0 saturated carbocycles. The number of nitrogens with one attached hydrogen (secondary N) is 1. The first-order valence-electron chi connectivity index (χ1n) is 8.25. The van der Waals surface area contributed by atoms with Gasteiger partial charge in [0.2, 0.25) is 12.3 Å². The Labute approximate surface area is 155 Å². The van der Waals surface area contributed by atoms with Gasteiger partial charge in [0.25, 0.3) is 0 Å². The zero-order chi connectivity index (χ0) is 19.8. The van der Waals surface area contributed by atoms with Crippen molar-refractivity contribution < 1.29 is 22.9 Å². The fourth-order valence-electron chi connectivity index (χ4n) is 3.15. The summed E-state index contributed by atoms with van der Waals surface area (Å²) >= 11 is 0. The third-order valence-electron chi connectivity index (χ3n) is 4.41. The molecule has 1 N–H and O–H groups in total. The summed E-state index contributed by atoms with van der Waals surface area (Å²) in [4.78, 5) is 28.0. The molecule has 2 aromatic rings. The number of aromatic nitrogens is 1. The van der Waals surface area contributed by atoms with Gasteiger partial charge in [0.05, 0.1) is 5.69 Å². The van der Waals surface area contributed by atoms with E-state index in [0.29, 0.717) is 12.8 Å². The van der Waals surface area contributed by atoms with Gasteiger partial charge in [-0.2, -0.15) is 0 Å². The predicted octanol–water partition coefficient (Wildman–Crippen LogP) is 2.13. The van der Waals surface area contributed by atoms with Crippen molar-refractivity contribution >= 4 is 30.6 Å². The molecule has 0 bridgehead atoms. The van der Waals surface area contributed by atoms with Crippen LogP contribution < -0.4 is 15.7 Å². The molecule has 1 atom stereocenters. The van der Waals surface area contributed by atoms with Crippen LogP contribution in [0, 0.1) is 11.6 Å². The number of benzene rings is 1. The molecule has 0 aliphatic carbocycles. The molecule has 0 spiro atoms. The summed E-state index contributed by atoms with van der Waals surface area (Å²) < 4.78 is 42.1. The van der Waals surface area contributed by atoms with Crippen molar-refractivity contribution in [2.75, 3.05) is 24.8 Å². The van der Waals surface area contributed by atoms with Crippen molar-refractivity contribution in [1.29, 1.82) is 0 Å². The molecular weight excluding hydrogens is 375 g/mol. The SMILES string of the molecule is CP(C)(=O)c1ncccc1-c1ccc(N2CCC(NC=O)C2=O)c(F)c1F. The van der Waals surface area contributed by atoms with Crippen LogP contribution in [-0.4, -0.2) is 43.2 Å². The lowest BCUT2D eigenvalue weighted by molar-refractivity contribution is -0.121. The van der Waals surface area contributed by atoms with E-state index in [2.05, 4.69) is 10.3 Å². The molecule has 1 aliphatic heterocycles. The Morgan fingerprint density at radius 1 is 1.22 bits per heavy atom. The average molecular weight is 393 g/mol. The normalized spacial score (nSPS) is 17.3. The third kappa shape index (κ3) is 3.49. The Balaban J connectivity index is 2.05. The molecule has 6 nitrogen and oxygen atoms in total. The number of halogens is 2. The van der Waals surface area contributed by atoms with Gasteiger partial charge in [-0.15, -0.1) is 0 Å². The van der Waals surface area contributed by atoms with E-state index in [9.17, 15) is 22.9 Å². The molecule has 1 fully saturated rings. The van der Waals surface area contributed by atoms with Gasteiger partial charge in [0, 0.05) is 23.9 Å². The maximum Gasteiger partial charge on any atom is 0.249 e. The zero-order valence-corrected chi connectivity index (χ0v) is 15.7. The van der Waals surface area contributed by atoms with E-state index in [4.69, 9.17) is 0 Å². The number of rotatable bonds is 5. The van der Waals surface area contributed by atoms with Gasteiger partial charge in [0.1, 0.15) is 18.6 Å². The van der Waals surface area contributed by atoms with E-state index in [1.807, 2.05) is 0 Å². The number of amides is 2. The van der Waals surface area contributed by atoms with Crippen LogP contribution in [0.5, 0.6) is 0 Å². The second-order valence-corrected chi connectivity index (χ2v) is 9.73. The summed E-state index contributed by atoms with van der Waals surface area (Å²) in [6, 6.07) is 4.99. The summed E-state index contributed by atoms with van der Waals surface area (Å²) in [5, 5.41) is 2.36. The smallest absolute Gasteiger partial charge is 0.249 e. The molecule has 1 saturated heterocycles. The first-order chi connectivity index (χ1) is 12.8. The molecule has 2 heterocycles. The number of pyridine rings is 1. The van der Waals surface area contributed by atoms with Gasteiger partial charge in [-0.3, -0.25) is 14.6 Å². The highest BCUT2D eigenvalue weighted by Crippen LogP contribution is 2.39. The number of anilines is 1. The standard InChI is InChI=1S/C18H18F2N3O3P/c1-27(2,26)17-12(4-3-8-21-17)11-5-6-14(16(20)15(11)19)23-9-7-13(18(23)25)22-10-24/h3-6,8,10,13H,7,9H2,1-2H3,(H,22,24). The highest BCUT2D eigenvalue weighted by atomic mass is 31.2. The first kappa shape index (κ1) is 19.2. The van der Waals surface area contributed by atoms with Crippen LogP contribution in [-0.2, 0) is 14.2 Å². The summed E-state index contributed by atoms with van der Waals surface area (Å²) in [6.45, 7) is 3.17. The topological polar surface area (TPSA) is 79.4 Å². The lowest BCUT2D eigenvalue weighted by atomic mass is 10.1. The second-order valence-electron chi connectivity index (χ2n) is 6.60. The molecule has 2 amide bonds. The predicted molar refractivity (Wildman–Crippen MR) is 98.6 cm³/mol. The lowest BCUT2D eigenvalue weighted by Gasteiger charge is -2.19. The molecule has 3 rings (SSSR count). The Kier molecular flexibility index (Phi) is 5.11. The second kappa shape index (κ2) is 7.19. The van der Waals surface area contributed by atoms with E-state index in [-0.39, 0.29) is 28.8 Å². The van der Waals surface area contributed by atoms with Gasteiger partial charge < -0.3 is 14.8 Å². The minimum Gasteiger partial charge on any atom is -0.347 e. The largest absolute Gasteiger partial charge is 0.347 e. The molecule has 1 aromatic heterocycles. The van der Waals surface area contributed by atoms with Crippen molar-refractivity contribution in [3.05, 3.63) is 42.1 Å². The van der Waals surface area contributed by atoms with Crippen LogP contribution in [0.2, 0.25) is 0 Å². The minimum atomic E-state index is -2.82. The number of hydrogen-bond acceptors (Lipinski definition) is 4. The Hall–Kier alpha value is -2.60. The summed E-state index contributed by atoms with van der Waals surface area (Å²) in [6.07, 6.45) is 2.16.